The highest BCUT2D eigenvalue weighted by molar-refractivity contribution is 5.74. The Labute approximate surface area is 251 Å². The zero-order chi connectivity index (χ0) is 32.2. The lowest BCUT2D eigenvalue weighted by atomic mass is 9.93. The van der Waals surface area contributed by atoms with Crippen molar-refractivity contribution in [2.75, 3.05) is 13.1 Å². The molecule has 10 nitrogen and oxygen atoms in total. The van der Waals surface area contributed by atoms with Crippen molar-refractivity contribution in [3.05, 3.63) is 71.8 Å². The predicted molar refractivity (Wildman–Crippen MR) is 147 cm³/mol. The van der Waals surface area contributed by atoms with Crippen LogP contribution in [0.4, 0.5) is 27.2 Å². The predicted octanol–water partition coefficient (Wildman–Crippen LogP) is 5.51. The SMILES string of the molecule is O=C(O)[C@@H]1CC[C@H](C(F)F)N(C(=O)OCc2ccccc2)C1.O=C(O)[C@H]1CC[C@@H](C(F)F)N(C(=O)OCc2ccccc2)C1. The molecule has 2 heterocycles. The largest absolute Gasteiger partial charge is 0.481 e. The number of rotatable bonds is 8. The Balaban J connectivity index is 0.000000240. The molecule has 2 aliphatic heterocycles. The topological polar surface area (TPSA) is 134 Å². The molecule has 0 spiro atoms. The van der Waals surface area contributed by atoms with Gasteiger partial charge in [0.2, 0.25) is 0 Å². The fourth-order valence-electron chi connectivity index (χ4n) is 4.94. The number of carbonyl (C=O) groups is 4. The molecule has 2 saturated heterocycles. The van der Waals surface area contributed by atoms with Crippen molar-refractivity contribution in [3.8, 4) is 0 Å². The molecule has 2 aliphatic rings. The maximum Gasteiger partial charge on any atom is 0.410 e. The number of likely N-dealkylation sites (tertiary alicyclic amines) is 2. The molecule has 4 rings (SSSR count). The number of carboxylic acid groups (broad SMARTS) is 2. The van der Waals surface area contributed by atoms with Gasteiger partial charge < -0.3 is 19.7 Å². The lowest BCUT2D eigenvalue weighted by molar-refractivity contribution is -0.145. The van der Waals surface area contributed by atoms with Crippen LogP contribution in [0.1, 0.15) is 36.8 Å². The Bertz CT molecular complexity index is 1140. The molecule has 4 atom stereocenters. The van der Waals surface area contributed by atoms with Gasteiger partial charge in [-0.3, -0.25) is 19.4 Å². The molecular formula is C30H34F4N2O8. The number of ether oxygens (including phenoxy) is 2. The second-order valence-corrected chi connectivity index (χ2v) is 10.4. The van der Waals surface area contributed by atoms with Gasteiger partial charge in [-0.2, -0.15) is 0 Å². The number of alkyl halides is 4. The van der Waals surface area contributed by atoms with E-state index in [2.05, 4.69) is 0 Å². The Morgan fingerprint density at radius 3 is 1.27 bits per heavy atom. The average Bonchev–Trinajstić information content (AvgIpc) is 3.03. The number of piperidine rings is 2. The summed E-state index contributed by atoms with van der Waals surface area (Å²) in [5, 5.41) is 18.0. The molecule has 0 unspecified atom stereocenters. The van der Waals surface area contributed by atoms with E-state index in [0.29, 0.717) is 0 Å². The maximum absolute atomic E-state index is 13.0. The van der Waals surface area contributed by atoms with E-state index in [4.69, 9.17) is 19.7 Å². The summed E-state index contributed by atoms with van der Waals surface area (Å²) in [6.45, 7) is -0.580. The standard InChI is InChI=1S/2C15H17F2NO4/c2*16-13(17)12-7-6-11(14(19)20)8-18(12)15(21)22-9-10-4-2-1-3-5-10/h2*1-5,11-13H,6-9H2,(H,19,20)/t2*11-,12-/m10/s1. The first-order valence-corrected chi connectivity index (χ1v) is 13.9. The van der Waals surface area contributed by atoms with Crippen molar-refractivity contribution >= 4 is 24.1 Å². The summed E-state index contributed by atoms with van der Waals surface area (Å²) in [5.41, 5.74) is 1.47. The summed E-state index contributed by atoms with van der Waals surface area (Å²) < 4.78 is 62.2. The third-order valence-electron chi connectivity index (χ3n) is 7.42. The highest BCUT2D eigenvalue weighted by atomic mass is 19.3. The number of hydrogen-bond donors (Lipinski definition) is 2. The highest BCUT2D eigenvalue weighted by Gasteiger charge is 2.41. The van der Waals surface area contributed by atoms with Gasteiger partial charge in [0.1, 0.15) is 13.2 Å². The van der Waals surface area contributed by atoms with Crippen LogP contribution >= 0.6 is 0 Å². The van der Waals surface area contributed by atoms with E-state index in [1.54, 1.807) is 60.7 Å². The monoisotopic (exact) mass is 626 g/mol. The van der Waals surface area contributed by atoms with Crippen LogP contribution in [-0.2, 0) is 32.3 Å². The van der Waals surface area contributed by atoms with Gasteiger partial charge in [0.25, 0.3) is 12.9 Å². The van der Waals surface area contributed by atoms with E-state index >= 15 is 0 Å². The zero-order valence-electron chi connectivity index (χ0n) is 23.6. The highest BCUT2D eigenvalue weighted by Crippen LogP contribution is 2.28. The minimum Gasteiger partial charge on any atom is -0.481 e. The number of halogens is 4. The van der Waals surface area contributed by atoms with Gasteiger partial charge in [0.15, 0.2) is 0 Å². The van der Waals surface area contributed by atoms with Crippen molar-refractivity contribution in [2.45, 2.75) is 63.8 Å². The second-order valence-electron chi connectivity index (χ2n) is 10.4. The molecule has 0 saturated carbocycles. The van der Waals surface area contributed by atoms with Crippen LogP contribution in [-0.4, -0.2) is 82.2 Å². The Morgan fingerprint density at radius 2 is 0.977 bits per heavy atom. The molecule has 2 aromatic rings. The number of benzene rings is 2. The summed E-state index contributed by atoms with van der Waals surface area (Å²) in [5.74, 6) is -3.85. The van der Waals surface area contributed by atoms with E-state index in [-0.39, 0.29) is 52.0 Å². The molecule has 240 valence electrons. The van der Waals surface area contributed by atoms with Crippen LogP contribution in [0.15, 0.2) is 60.7 Å². The molecule has 14 heteroatoms. The molecule has 0 aliphatic carbocycles. The Kier molecular flexibility index (Phi) is 12.8. The number of carbonyl (C=O) groups excluding carboxylic acids is 2. The minimum absolute atomic E-state index is 0.0378. The number of hydrogen-bond acceptors (Lipinski definition) is 6. The molecule has 2 aromatic carbocycles. The van der Waals surface area contributed by atoms with Gasteiger partial charge in [-0.05, 0) is 36.8 Å². The maximum atomic E-state index is 13.0. The minimum atomic E-state index is -2.72. The third kappa shape index (κ3) is 9.85. The van der Waals surface area contributed by atoms with Gasteiger partial charge in [-0.25, -0.2) is 27.2 Å². The van der Waals surface area contributed by atoms with Crippen LogP contribution < -0.4 is 0 Å². The van der Waals surface area contributed by atoms with Gasteiger partial charge in [0.05, 0.1) is 23.9 Å². The summed E-state index contributed by atoms with van der Waals surface area (Å²) in [7, 11) is 0. The summed E-state index contributed by atoms with van der Waals surface area (Å²) >= 11 is 0. The molecule has 0 bridgehead atoms. The van der Waals surface area contributed by atoms with Crippen molar-refractivity contribution < 1.29 is 56.4 Å². The number of nitrogens with zero attached hydrogens (tertiary/aromatic N) is 2. The number of carboxylic acids is 2. The van der Waals surface area contributed by atoms with Gasteiger partial charge in [0, 0.05) is 13.1 Å². The fraction of sp³-hybridized carbons (Fsp3) is 0.467. The van der Waals surface area contributed by atoms with E-state index in [0.717, 1.165) is 20.9 Å². The van der Waals surface area contributed by atoms with Crippen LogP contribution in [0.5, 0.6) is 0 Å². The Morgan fingerprint density at radius 1 is 0.636 bits per heavy atom. The first-order chi connectivity index (χ1) is 21.0. The lowest BCUT2D eigenvalue weighted by Gasteiger charge is -2.36. The molecule has 0 radical (unpaired) electrons. The quantitative estimate of drug-likeness (QED) is 0.367. The van der Waals surface area contributed by atoms with Crippen LogP contribution in [0.25, 0.3) is 0 Å². The Hall–Kier alpha value is -4.36. The van der Waals surface area contributed by atoms with E-state index in [1.165, 1.54) is 0 Å². The van der Waals surface area contributed by atoms with Gasteiger partial charge >= 0.3 is 24.1 Å². The first-order valence-electron chi connectivity index (χ1n) is 13.9. The molecular weight excluding hydrogens is 592 g/mol. The normalized spacial score (nSPS) is 21.7. The van der Waals surface area contributed by atoms with Crippen molar-refractivity contribution in [2.24, 2.45) is 11.8 Å². The lowest BCUT2D eigenvalue weighted by Crippen LogP contribution is -2.51. The van der Waals surface area contributed by atoms with Crippen LogP contribution in [0.3, 0.4) is 0 Å². The van der Waals surface area contributed by atoms with Gasteiger partial charge in [-0.15, -0.1) is 0 Å². The molecule has 0 aromatic heterocycles. The van der Waals surface area contributed by atoms with Crippen molar-refractivity contribution in [3.63, 3.8) is 0 Å². The van der Waals surface area contributed by atoms with E-state index in [1.807, 2.05) is 0 Å². The molecule has 2 fully saturated rings. The first kappa shape index (κ1) is 34.1. The van der Waals surface area contributed by atoms with Crippen LogP contribution in [0, 0.1) is 11.8 Å². The summed E-state index contributed by atoms with van der Waals surface area (Å²) in [6.07, 6.45) is -7.08. The average molecular weight is 627 g/mol. The molecule has 44 heavy (non-hydrogen) atoms. The second kappa shape index (κ2) is 16.5. The van der Waals surface area contributed by atoms with E-state index in [9.17, 15) is 36.7 Å². The summed E-state index contributed by atoms with van der Waals surface area (Å²) in [6, 6.07) is 15.1. The van der Waals surface area contributed by atoms with Crippen molar-refractivity contribution in [1.82, 2.24) is 9.80 Å². The number of amides is 2. The fourth-order valence-corrected chi connectivity index (χ4v) is 4.94. The van der Waals surface area contributed by atoms with E-state index < -0.39 is 60.9 Å². The zero-order valence-corrected chi connectivity index (χ0v) is 23.6. The molecule has 2 amide bonds. The molecule has 2 N–H and O–H groups in total. The van der Waals surface area contributed by atoms with Crippen LogP contribution in [0.2, 0.25) is 0 Å². The third-order valence-corrected chi connectivity index (χ3v) is 7.42. The number of aliphatic carboxylic acids is 2. The smallest absolute Gasteiger partial charge is 0.410 e. The van der Waals surface area contributed by atoms with Gasteiger partial charge in [-0.1, -0.05) is 60.7 Å². The van der Waals surface area contributed by atoms with Crippen molar-refractivity contribution in [1.29, 1.82) is 0 Å². The summed E-state index contributed by atoms with van der Waals surface area (Å²) in [4.78, 5) is 47.8.